The van der Waals surface area contributed by atoms with E-state index in [2.05, 4.69) is 25.7 Å². The summed E-state index contributed by atoms with van der Waals surface area (Å²) in [6.07, 6.45) is 9.29. The highest BCUT2D eigenvalue weighted by Gasteiger charge is 2.22. The van der Waals surface area contributed by atoms with Gasteiger partial charge in [0.2, 0.25) is 0 Å². The van der Waals surface area contributed by atoms with Gasteiger partial charge in [-0.15, -0.1) is 0 Å². The van der Waals surface area contributed by atoms with Crippen LogP contribution in [0.2, 0.25) is 5.02 Å². The fourth-order valence-electron chi connectivity index (χ4n) is 3.46. The van der Waals surface area contributed by atoms with Crippen LogP contribution >= 0.6 is 11.6 Å². The third-order valence-corrected chi connectivity index (χ3v) is 5.01. The van der Waals surface area contributed by atoms with E-state index in [1.54, 1.807) is 33.8 Å². The third-order valence-electron chi connectivity index (χ3n) is 4.77. The molecule has 0 unspecified atom stereocenters. The number of halogens is 1. The molecule has 1 aliphatic heterocycles. The highest BCUT2D eigenvalue weighted by atomic mass is 35.5. The van der Waals surface area contributed by atoms with Crippen molar-refractivity contribution in [1.82, 2.24) is 24.9 Å². The molecule has 1 aromatic carbocycles. The van der Waals surface area contributed by atoms with Gasteiger partial charge in [0, 0.05) is 49.8 Å². The Labute approximate surface area is 168 Å². The van der Waals surface area contributed by atoms with E-state index in [1.807, 2.05) is 31.7 Å². The Morgan fingerprint density at radius 3 is 2.96 bits per heavy atom. The molecule has 0 aliphatic carbocycles. The molecule has 3 heterocycles. The van der Waals surface area contributed by atoms with Crippen LogP contribution in [0.4, 0.5) is 16.2 Å². The molecular formula is C19H22ClN7O. The number of carbonyl (C=O) groups is 1. The van der Waals surface area contributed by atoms with Crippen molar-refractivity contribution in [2.24, 2.45) is 7.05 Å². The molecule has 0 radical (unpaired) electrons. The van der Waals surface area contributed by atoms with Gasteiger partial charge < -0.3 is 15.5 Å². The number of carbonyl (C=O) groups excluding carboxylic acids is 1. The van der Waals surface area contributed by atoms with E-state index in [0.717, 1.165) is 31.6 Å². The topological polar surface area (TPSA) is 80.0 Å². The molecule has 1 atom stereocenters. The molecule has 2 amide bonds. The maximum absolute atomic E-state index is 12.6. The lowest BCUT2D eigenvalue weighted by atomic mass is 10.1. The number of aryl methyl sites for hydroxylation is 1. The third kappa shape index (κ3) is 4.12. The molecular weight excluding hydrogens is 378 g/mol. The van der Waals surface area contributed by atoms with Crippen molar-refractivity contribution in [3.63, 3.8) is 0 Å². The van der Waals surface area contributed by atoms with Crippen LogP contribution in [0, 0.1) is 0 Å². The molecule has 3 aromatic rings. The molecule has 4 rings (SSSR count). The summed E-state index contributed by atoms with van der Waals surface area (Å²) in [6, 6.07) is 6.94. The largest absolute Gasteiger partial charge is 0.367 e. The fraction of sp³-hybridized carbons (Fsp3) is 0.316. The minimum Gasteiger partial charge on any atom is -0.367 e. The summed E-state index contributed by atoms with van der Waals surface area (Å²) >= 11 is 6.12. The predicted molar refractivity (Wildman–Crippen MR) is 109 cm³/mol. The first-order chi connectivity index (χ1) is 13.6. The Morgan fingerprint density at radius 2 is 2.21 bits per heavy atom. The Kier molecular flexibility index (Phi) is 5.21. The van der Waals surface area contributed by atoms with Crippen LogP contribution in [0.15, 0.2) is 49.1 Å². The molecule has 146 valence electrons. The Morgan fingerprint density at radius 1 is 1.32 bits per heavy atom. The maximum atomic E-state index is 12.6. The summed E-state index contributed by atoms with van der Waals surface area (Å²) in [6.45, 7) is 1.72. The number of anilines is 2. The van der Waals surface area contributed by atoms with Crippen LogP contribution in [0.25, 0.3) is 5.69 Å². The highest BCUT2D eigenvalue weighted by Crippen LogP contribution is 2.24. The van der Waals surface area contributed by atoms with Gasteiger partial charge in [0.25, 0.3) is 0 Å². The van der Waals surface area contributed by atoms with Crippen LogP contribution in [-0.4, -0.2) is 44.7 Å². The number of aromatic nitrogens is 4. The molecule has 28 heavy (non-hydrogen) atoms. The van der Waals surface area contributed by atoms with Crippen molar-refractivity contribution in [2.45, 2.75) is 18.9 Å². The zero-order chi connectivity index (χ0) is 19.5. The fourth-order valence-corrected chi connectivity index (χ4v) is 3.62. The number of piperidine rings is 1. The van der Waals surface area contributed by atoms with Gasteiger partial charge in [-0.2, -0.15) is 10.2 Å². The monoisotopic (exact) mass is 399 g/mol. The Bertz CT molecular complexity index is 953. The van der Waals surface area contributed by atoms with Crippen LogP contribution in [0.5, 0.6) is 0 Å². The average Bonchev–Trinajstić information content (AvgIpc) is 3.35. The number of nitrogens with one attached hydrogen (secondary N) is 2. The summed E-state index contributed by atoms with van der Waals surface area (Å²) in [4.78, 5) is 14.9. The average molecular weight is 400 g/mol. The van der Waals surface area contributed by atoms with Gasteiger partial charge in [0.1, 0.15) is 0 Å². The van der Waals surface area contributed by atoms with Gasteiger partial charge >= 0.3 is 6.03 Å². The van der Waals surface area contributed by atoms with E-state index in [1.165, 1.54) is 0 Å². The van der Waals surface area contributed by atoms with Crippen LogP contribution in [0.1, 0.15) is 12.8 Å². The molecule has 2 aromatic heterocycles. The van der Waals surface area contributed by atoms with Crippen LogP contribution < -0.4 is 15.5 Å². The second-order valence-corrected chi connectivity index (χ2v) is 7.30. The van der Waals surface area contributed by atoms with Crippen molar-refractivity contribution in [1.29, 1.82) is 0 Å². The van der Waals surface area contributed by atoms with Gasteiger partial charge in [-0.25, -0.2) is 9.48 Å². The molecule has 0 saturated carbocycles. The molecule has 0 bridgehead atoms. The maximum Gasteiger partial charge on any atom is 0.319 e. The van der Waals surface area contributed by atoms with Gasteiger partial charge in [-0.1, -0.05) is 11.6 Å². The Balaban J connectivity index is 1.42. The summed E-state index contributed by atoms with van der Waals surface area (Å²) in [7, 11) is 1.90. The molecule has 1 fully saturated rings. The van der Waals surface area contributed by atoms with Crippen LogP contribution in [0.3, 0.4) is 0 Å². The minimum atomic E-state index is -0.242. The quantitative estimate of drug-likeness (QED) is 0.706. The summed E-state index contributed by atoms with van der Waals surface area (Å²) in [5.74, 6) is 0. The Hall–Kier alpha value is -3.00. The number of benzene rings is 1. The number of hydrogen-bond acceptors (Lipinski definition) is 4. The molecule has 1 saturated heterocycles. The van der Waals surface area contributed by atoms with Crippen molar-refractivity contribution >= 4 is 29.0 Å². The molecule has 8 nitrogen and oxygen atoms in total. The zero-order valence-corrected chi connectivity index (χ0v) is 16.3. The molecule has 9 heteroatoms. The lowest BCUT2D eigenvalue weighted by molar-refractivity contribution is 0.246. The predicted octanol–water partition coefficient (Wildman–Crippen LogP) is 3.05. The normalized spacial score (nSPS) is 16.8. The van der Waals surface area contributed by atoms with Gasteiger partial charge in [0.05, 0.1) is 23.3 Å². The smallest absolute Gasteiger partial charge is 0.319 e. The van der Waals surface area contributed by atoms with E-state index >= 15 is 0 Å². The number of rotatable bonds is 4. The van der Waals surface area contributed by atoms with E-state index in [-0.39, 0.29) is 12.1 Å². The first kappa shape index (κ1) is 18.4. The van der Waals surface area contributed by atoms with Crippen molar-refractivity contribution in [3.05, 3.63) is 54.1 Å². The second kappa shape index (κ2) is 7.93. The van der Waals surface area contributed by atoms with Crippen molar-refractivity contribution < 1.29 is 4.79 Å². The van der Waals surface area contributed by atoms with E-state index < -0.39 is 0 Å². The lowest BCUT2D eigenvalue weighted by Gasteiger charge is -2.33. The van der Waals surface area contributed by atoms with Crippen LogP contribution in [-0.2, 0) is 7.05 Å². The first-order valence-corrected chi connectivity index (χ1v) is 9.57. The van der Waals surface area contributed by atoms with E-state index in [9.17, 15) is 4.79 Å². The summed E-state index contributed by atoms with van der Waals surface area (Å²) < 4.78 is 3.46. The summed E-state index contributed by atoms with van der Waals surface area (Å²) in [5, 5.41) is 15.0. The summed E-state index contributed by atoms with van der Waals surface area (Å²) in [5.41, 5.74) is 2.44. The second-order valence-electron chi connectivity index (χ2n) is 6.87. The molecule has 1 aliphatic rings. The van der Waals surface area contributed by atoms with Crippen molar-refractivity contribution in [2.75, 3.05) is 23.3 Å². The first-order valence-electron chi connectivity index (χ1n) is 9.19. The van der Waals surface area contributed by atoms with Gasteiger partial charge in [-0.05, 0) is 37.1 Å². The van der Waals surface area contributed by atoms with Gasteiger partial charge in [-0.3, -0.25) is 4.68 Å². The van der Waals surface area contributed by atoms with Crippen molar-refractivity contribution in [3.8, 4) is 5.69 Å². The van der Waals surface area contributed by atoms with E-state index in [0.29, 0.717) is 16.4 Å². The number of amides is 2. The SMILES string of the molecule is Cn1cc(N2CCC[C@H](NC(=O)Nc3ccc(Cl)cc3-n3cccn3)C2)cn1. The minimum absolute atomic E-state index is 0.0643. The molecule has 2 N–H and O–H groups in total. The highest BCUT2D eigenvalue weighted by molar-refractivity contribution is 6.30. The number of hydrogen-bond donors (Lipinski definition) is 2. The van der Waals surface area contributed by atoms with Gasteiger partial charge in [0.15, 0.2) is 0 Å². The number of nitrogens with zero attached hydrogens (tertiary/aromatic N) is 5. The standard InChI is InChI=1S/C19H22ClN7O/c1-25-13-16(11-22-25)26-8-2-4-15(12-26)23-19(28)24-17-6-5-14(20)10-18(17)27-9-3-7-21-27/h3,5-7,9-11,13,15H,2,4,8,12H2,1H3,(H2,23,24,28)/t15-/m0/s1. The number of urea groups is 1. The molecule has 0 spiro atoms. The zero-order valence-electron chi connectivity index (χ0n) is 15.5. The van der Waals surface area contributed by atoms with E-state index in [4.69, 9.17) is 11.6 Å². The lowest BCUT2D eigenvalue weighted by Crippen LogP contribution is -2.49.